The maximum atomic E-state index is 13.0. The van der Waals surface area contributed by atoms with Gasteiger partial charge in [-0.15, -0.1) is 11.3 Å². The number of aromatic nitrogens is 1. The molecule has 4 aromatic rings. The highest BCUT2D eigenvalue weighted by molar-refractivity contribution is 8.01. The van der Waals surface area contributed by atoms with Crippen molar-refractivity contribution < 1.29 is 21.8 Å². The van der Waals surface area contributed by atoms with E-state index < -0.39 is 15.9 Å². The van der Waals surface area contributed by atoms with E-state index in [9.17, 15) is 17.6 Å². The fourth-order valence-corrected chi connectivity index (χ4v) is 5.43. The van der Waals surface area contributed by atoms with E-state index in [0.717, 1.165) is 38.8 Å². The molecular weight excluding hydrogens is 485 g/mol. The van der Waals surface area contributed by atoms with Crippen molar-refractivity contribution in [3.8, 4) is 5.75 Å². The number of halogens is 1. The lowest BCUT2D eigenvalue weighted by atomic mass is 10.2. The Hall–Kier alpha value is -3.28. The number of hydrogen-bond donors (Lipinski definition) is 1. The van der Waals surface area contributed by atoms with Gasteiger partial charge in [-0.05, 0) is 66.2 Å². The molecule has 0 aliphatic heterocycles. The number of hydrogen-bond acceptors (Lipinski definition) is 8. The third kappa shape index (κ3) is 6.15. The number of thiazole rings is 1. The molecule has 0 aliphatic carbocycles. The molecule has 0 unspecified atom stereocenters. The van der Waals surface area contributed by atoms with Crippen LogP contribution in [-0.4, -0.2) is 31.3 Å². The van der Waals surface area contributed by atoms with Crippen molar-refractivity contribution in [1.29, 1.82) is 0 Å². The molecule has 0 radical (unpaired) electrons. The average molecular weight is 502 g/mol. The highest BCUT2D eigenvalue weighted by atomic mass is 32.2. The average Bonchev–Trinajstić information content (AvgIpc) is 3.22. The summed E-state index contributed by atoms with van der Waals surface area (Å²) in [6.07, 6.45) is 1.43. The van der Waals surface area contributed by atoms with Crippen LogP contribution < -0.4 is 9.61 Å². The lowest BCUT2D eigenvalue weighted by Crippen LogP contribution is -2.19. The topological polar surface area (TPSA) is 97.7 Å². The Morgan fingerprint density at radius 3 is 2.55 bits per heavy atom. The molecule has 0 aliphatic rings. The zero-order valence-corrected chi connectivity index (χ0v) is 19.3. The summed E-state index contributed by atoms with van der Waals surface area (Å²) >= 11 is 2.86. The van der Waals surface area contributed by atoms with Gasteiger partial charge in [0.25, 0.3) is 5.91 Å². The van der Waals surface area contributed by atoms with E-state index in [4.69, 9.17) is 4.18 Å². The quantitative estimate of drug-likeness (QED) is 0.166. The molecule has 3 aromatic carbocycles. The first-order valence-corrected chi connectivity index (χ1v) is 12.7. The molecule has 33 heavy (non-hydrogen) atoms. The van der Waals surface area contributed by atoms with Crippen molar-refractivity contribution in [3.63, 3.8) is 0 Å². The second-order valence-corrected chi connectivity index (χ2v) is 10.4. The Bertz CT molecular complexity index is 1370. The number of nitrogens with one attached hydrogen (secondary N) is 1. The van der Waals surface area contributed by atoms with Crippen LogP contribution in [0.4, 0.5) is 4.39 Å². The number of thioether (sulfide) groups is 1. The Balaban J connectivity index is 1.27. The summed E-state index contributed by atoms with van der Waals surface area (Å²) in [6, 6.07) is 18.2. The number of benzene rings is 3. The second kappa shape index (κ2) is 10.1. The molecule has 168 valence electrons. The van der Waals surface area contributed by atoms with Crippen LogP contribution in [0.15, 0.2) is 87.1 Å². The summed E-state index contributed by atoms with van der Waals surface area (Å²) in [5.74, 6) is -0.556. The van der Waals surface area contributed by atoms with Crippen LogP contribution in [0, 0.1) is 5.82 Å². The van der Waals surface area contributed by atoms with Crippen LogP contribution in [0.2, 0.25) is 0 Å². The van der Waals surface area contributed by atoms with Gasteiger partial charge in [0.2, 0.25) is 0 Å². The molecule has 7 nitrogen and oxygen atoms in total. The predicted octanol–water partition coefficient (Wildman–Crippen LogP) is 4.45. The molecular formula is C22H16FN3O4S3. The smallest absolute Gasteiger partial charge is 0.339 e. The summed E-state index contributed by atoms with van der Waals surface area (Å²) in [6.45, 7) is 0. The Morgan fingerprint density at radius 1 is 1.09 bits per heavy atom. The van der Waals surface area contributed by atoms with E-state index in [1.165, 1.54) is 41.4 Å². The van der Waals surface area contributed by atoms with E-state index >= 15 is 0 Å². The number of para-hydroxylation sites is 1. The van der Waals surface area contributed by atoms with Crippen LogP contribution >= 0.6 is 23.1 Å². The Kier molecular flexibility index (Phi) is 7.02. The molecule has 0 atom stereocenters. The van der Waals surface area contributed by atoms with Gasteiger partial charge in [0.1, 0.15) is 16.5 Å². The van der Waals surface area contributed by atoms with E-state index in [0.29, 0.717) is 5.56 Å². The van der Waals surface area contributed by atoms with Crippen molar-refractivity contribution in [1.82, 2.24) is 10.4 Å². The van der Waals surface area contributed by atoms with Crippen molar-refractivity contribution >= 4 is 55.6 Å². The minimum Gasteiger partial charge on any atom is -0.379 e. The summed E-state index contributed by atoms with van der Waals surface area (Å²) in [5, 5.41) is 3.91. The summed E-state index contributed by atoms with van der Waals surface area (Å²) in [7, 11) is -4.07. The van der Waals surface area contributed by atoms with Crippen molar-refractivity contribution in [2.24, 2.45) is 5.10 Å². The molecule has 4 rings (SSSR count). The van der Waals surface area contributed by atoms with Crippen LogP contribution in [-0.2, 0) is 14.9 Å². The number of rotatable bonds is 8. The first-order chi connectivity index (χ1) is 15.9. The fourth-order valence-electron chi connectivity index (χ4n) is 2.64. The molecule has 1 aromatic heterocycles. The normalized spacial score (nSPS) is 11.7. The maximum Gasteiger partial charge on any atom is 0.339 e. The first-order valence-electron chi connectivity index (χ1n) is 9.49. The highest BCUT2D eigenvalue weighted by Gasteiger charge is 2.16. The Labute approximate surface area is 197 Å². The summed E-state index contributed by atoms with van der Waals surface area (Å²) in [5.41, 5.74) is 3.97. The van der Waals surface area contributed by atoms with Crippen molar-refractivity contribution in [3.05, 3.63) is 84.2 Å². The van der Waals surface area contributed by atoms with Crippen molar-refractivity contribution in [2.75, 3.05) is 5.75 Å². The number of carbonyl (C=O) groups excluding carboxylic acids is 1. The lowest BCUT2D eigenvalue weighted by Gasteiger charge is -2.07. The van der Waals surface area contributed by atoms with Gasteiger partial charge in [0.15, 0.2) is 4.34 Å². The van der Waals surface area contributed by atoms with Gasteiger partial charge >= 0.3 is 10.1 Å². The van der Waals surface area contributed by atoms with E-state index in [1.54, 1.807) is 12.1 Å². The predicted molar refractivity (Wildman–Crippen MR) is 127 cm³/mol. The van der Waals surface area contributed by atoms with Gasteiger partial charge in [-0.3, -0.25) is 4.79 Å². The van der Waals surface area contributed by atoms with Crippen LogP contribution in [0.25, 0.3) is 10.2 Å². The molecule has 0 fully saturated rings. The van der Waals surface area contributed by atoms with Gasteiger partial charge in [-0.2, -0.15) is 13.5 Å². The van der Waals surface area contributed by atoms with Gasteiger partial charge in [0, 0.05) is 0 Å². The molecule has 0 bridgehead atoms. The number of fused-ring (bicyclic) bond motifs is 1. The SMILES string of the molecule is O=C(CSc1nc2ccccc2s1)N/N=C\c1ccc(OS(=O)(=O)c2ccc(F)cc2)cc1. The molecule has 0 spiro atoms. The highest BCUT2D eigenvalue weighted by Crippen LogP contribution is 2.29. The van der Waals surface area contributed by atoms with Gasteiger partial charge in [-0.1, -0.05) is 23.9 Å². The van der Waals surface area contributed by atoms with Crippen LogP contribution in [0.3, 0.4) is 0 Å². The monoisotopic (exact) mass is 501 g/mol. The zero-order chi connectivity index (χ0) is 23.3. The summed E-state index contributed by atoms with van der Waals surface area (Å²) < 4.78 is 44.4. The standard InChI is InChI=1S/C22H16FN3O4S3/c23-16-7-11-18(12-8-16)33(28,29)30-17-9-5-15(6-10-17)13-24-26-21(27)14-31-22-25-19-3-1-2-4-20(19)32-22/h1-13H,14H2,(H,26,27)/b24-13-. The first kappa shape index (κ1) is 22.9. The largest absolute Gasteiger partial charge is 0.379 e. The number of carbonyl (C=O) groups is 1. The molecule has 0 saturated carbocycles. The van der Waals surface area contributed by atoms with Crippen LogP contribution in [0.5, 0.6) is 5.75 Å². The number of amides is 1. The molecule has 1 N–H and O–H groups in total. The maximum absolute atomic E-state index is 13.0. The van der Waals surface area contributed by atoms with E-state index in [1.807, 2.05) is 24.3 Å². The number of hydrazone groups is 1. The third-order valence-corrected chi connectivity index (χ3v) is 7.63. The lowest BCUT2D eigenvalue weighted by molar-refractivity contribution is -0.118. The minimum absolute atomic E-state index is 0.0905. The zero-order valence-electron chi connectivity index (χ0n) is 16.8. The molecule has 11 heteroatoms. The Morgan fingerprint density at radius 2 is 1.82 bits per heavy atom. The van der Waals surface area contributed by atoms with Crippen LogP contribution in [0.1, 0.15) is 5.56 Å². The van der Waals surface area contributed by atoms with E-state index in [-0.39, 0.29) is 22.3 Å². The molecule has 0 saturated heterocycles. The fraction of sp³-hybridized carbons (Fsp3) is 0.0455. The van der Waals surface area contributed by atoms with Gasteiger partial charge in [0.05, 0.1) is 22.2 Å². The van der Waals surface area contributed by atoms with Gasteiger partial charge < -0.3 is 4.18 Å². The minimum atomic E-state index is -4.07. The van der Waals surface area contributed by atoms with E-state index in [2.05, 4.69) is 15.5 Å². The summed E-state index contributed by atoms with van der Waals surface area (Å²) in [4.78, 5) is 16.3. The van der Waals surface area contributed by atoms with Crippen molar-refractivity contribution in [2.45, 2.75) is 9.24 Å². The molecule has 1 amide bonds. The van der Waals surface area contributed by atoms with Gasteiger partial charge in [-0.25, -0.2) is 14.8 Å². The second-order valence-electron chi connectivity index (χ2n) is 6.59. The molecule has 1 heterocycles. The number of nitrogens with zero attached hydrogens (tertiary/aromatic N) is 2. The third-order valence-electron chi connectivity index (χ3n) is 4.19.